The number of rotatable bonds is 11. The van der Waals surface area contributed by atoms with Crippen LogP contribution in [0.5, 0.6) is 0 Å². The molecule has 5 nitrogen and oxygen atoms in total. The molecule has 0 spiro atoms. The third kappa shape index (κ3) is 8.64. The van der Waals surface area contributed by atoms with E-state index in [4.69, 9.17) is 0 Å². The van der Waals surface area contributed by atoms with Crippen LogP contribution < -0.4 is 10.6 Å². The van der Waals surface area contributed by atoms with Crippen molar-refractivity contribution in [3.8, 4) is 0 Å². The third-order valence-corrected chi connectivity index (χ3v) is 4.97. The van der Waals surface area contributed by atoms with Crippen molar-refractivity contribution in [1.29, 1.82) is 0 Å². The number of hydrogen-bond donors (Lipinski definition) is 2. The largest absolute Gasteiger partial charge is 0.357 e. The van der Waals surface area contributed by atoms with Gasteiger partial charge < -0.3 is 15.5 Å². The Bertz CT molecular complexity index is 468. The summed E-state index contributed by atoms with van der Waals surface area (Å²) in [4.78, 5) is 12.8. The molecule has 0 aliphatic heterocycles. The predicted octanol–water partition coefficient (Wildman–Crippen LogP) is 3.06. The van der Waals surface area contributed by atoms with E-state index in [1.54, 1.807) is 11.3 Å². The van der Waals surface area contributed by atoms with E-state index in [1.165, 1.54) is 22.9 Å². The molecule has 24 heavy (non-hydrogen) atoms. The lowest BCUT2D eigenvalue weighted by molar-refractivity contribution is 0.292. The quantitative estimate of drug-likeness (QED) is 0.474. The Kier molecular flexibility index (Phi) is 10.7. The van der Waals surface area contributed by atoms with Gasteiger partial charge in [0.25, 0.3) is 0 Å². The van der Waals surface area contributed by atoms with Crippen LogP contribution in [0.2, 0.25) is 0 Å². The van der Waals surface area contributed by atoms with Gasteiger partial charge in [-0.15, -0.1) is 11.3 Å². The van der Waals surface area contributed by atoms with Crippen LogP contribution in [0.1, 0.15) is 50.4 Å². The van der Waals surface area contributed by atoms with Crippen molar-refractivity contribution in [2.75, 3.05) is 32.7 Å². The Morgan fingerprint density at radius 1 is 1.33 bits per heavy atom. The number of nitrogens with zero attached hydrogens (tertiary/aromatic N) is 3. The van der Waals surface area contributed by atoms with E-state index in [-0.39, 0.29) is 0 Å². The maximum atomic E-state index is 4.68. The Morgan fingerprint density at radius 2 is 2.08 bits per heavy atom. The topological polar surface area (TPSA) is 52.6 Å². The summed E-state index contributed by atoms with van der Waals surface area (Å²) in [5.74, 6) is 0.918. The van der Waals surface area contributed by atoms with Crippen molar-refractivity contribution in [2.24, 2.45) is 4.99 Å². The van der Waals surface area contributed by atoms with Crippen molar-refractivity contribution in [1.82, 2.24) is 20.5 Å². The minimum Gasteiger partial charge on any atom is -0.357 e. The van der Waals surface area contributed by atoms with Gasteiger partial charge in [0.1, 0.15) is 0 Å². The molecule has 0 saturated carbocycles. The van der Waals surface area contributed by atoms with Gasteiger partial charge >= 0.3 is 0 Å². The molecule has 138 valence electrons. The fraction of sp³-hybridized carbons (Fsp3) is 0.778. The van der Waals surface area contributed by atoms with Crippen molar-refractivity contribution in [3.05, 3.63) is 16.1 Å². The van der Waals surface area contributed by atoms with Gasteiger partial charge in [0, 0.05) is 36.6 Å². The molecule has 1 aromatic rings. The molecule has 0 bridgehead atoms. The molecule has 1 unspecified atom stereocenters. The van der Waals surface area contributed by atoms with Gasteiger partial charge in [0.2, 0.25) is 0 Å². The molecule has 0 radical (unpaired) electrons. The monoisotopic (exact) mass is 353 g/mol. The first-order valence-electron chi connectivity index (χ1n) is 9.27. The number of hydrogen-bond acceptors (Lipinski definition) is 4. The van der Waals surface area contributed by atoms with Gasteiger partial charge in [0.15, 0.2) is 5.96 Å². The summed E-state index contributed by atoms with van der Waals surface area (Å²) in [6.07, 6.45) is 5.22. The van der Waals surface area contributed by atoms with E-state index in [0.717, 1.165) is 45.0 Å². The van der Waals surface area contributed by atoms with Crippen LogP contribution in [0.3, 0.4) is 0 Å². The Labute approximate surface area is 152 Å². The lowest BCUT2D eigenvalue weighted by Gasteiger charge is -2.21. The van der Waals surface area contributed by atoms with Gasteiger partial charge in [-0.2, -0.15) is 0 Å². The van der Waals surface area contributed by atoms with Crippen molar-refractivity contribution >= 4 is 17.3 Å². The van der Waals surface area contributed by atoms with E-state index in [1.807, 2.05) is 6.20 Å². The highest BCUT2D eigenvalue weighted by atomic mass is 32.1. The van der Waals surface area contributed by atoms with Crippen LogP contribution in [0.25, 0.3) is 0 Å². The van der Waals surface area contributed by atoms with E-state index in [2.05, 4.69) is 60.1 Å². The standard InChI is InChI=1S/C18H35N5S/c1-6-19-18(20-12-11-17-21-14-16(5)24-17)22-15(4)10-9-13-23(7-2)8-3/h14-15H,6-13H2,1-5H3,(H2,19,20,22). The zero-order chi connectivity index (χ0) is 17.8. The summed E-state index contributed by atoms with van der Waals surface area (Å²) in [5.41, 5.74) is 0. The minimum atomic E-state index is 0.431. The molecule has 1 rings (SSSR count). The highest BCUT2D eigenvalue weighted by Gasteiger charge is 2.07. The molecule has 1 atom stereocenters. The fourth-order valence-corrected chi connectivity index (χ4v) is 3.34. The van der Waals surface area contributed by atoms with Gasteiger partial charge in [-0.25, -0.2) is 4.98 Å². The van der Waals surface area contributed by atoms with Crippen molar-refractivity contribution in [3.63, 3.8) is 0 Å². The molecule has 1 heterocycles. The predicted molar refractivity (Wildman–Crippen MR) is 106 cm³/mol. The summed E-state index contributed by atoms with van der Waals surface area (Å²) in [6, 6.07) is 0.431. The number of aliphatic imine (C=N–C) groups is 1. The highest BCUT2D eigenvalue weighted by molar-refractivity contribution is 7.11. The van der Waals surface area contributed by atoms with E-state index >= 15 is 0 Å². The molecule has 0 amide bonds. The highest BCUT2D eigenvalue weighted by Crippen LogP contribution is 2.11. The van der Waals surface area contributed by atoms with Gasteiger partial charge in [0.05, 0.1) is 5.01 Å². The van der Waals surface area contributed by atoms with Gasteiger partial charge in [-0.05, 0) is 53.2 Å². The SMILES string of the molecule is CCNC(=NCCc1ncc(C)s1)NC(C)CCCN(CC)CC. The summed E-state index contributed by atoms with van der Waals surface area (Å²) < 4.78 is 0. The lowest BCUT2D eigenvalue weighted by atomic mass is 10.2. The van der Waals surface area contributed by atoms with Crippen molar-refractivity contribution < 1.29 is 0 Å². The van der Waals surface area contributed by atoms with Crippen LogP contribution in [0.15, 0.2) is 11.2 Å². The number of nitrogens with one attached hydrogen (secondary N) is 2. The minimum absolute atomic E-state index is 0.431. The zero-order valence-corrected chi connectivity index (χ0v) is 16.9. The first-order chi connectivity index (χ1) is 11.6. The number of aryl methyl sites for hydroxylation is 1. The van der Waals surface area contributed by atoms with Crippen LogP contribution in [-0.2, 0) is 6.42 Å². The second-order valence-corrected chi connectivity index (χ2v) is 7.41. The van der Waals surface area contributed by atoms with Gasteiger partial charge in [-0.3, -0.25) is 4.99 Å². The molecule has 0 aliphatic carbocycles. The lowest BCUT2D eigenvalue weighted by Crippen LogP contribution is -2.42. The molecule has 0 aliphatic rings. The smallest absolute Gasteiger partial charge is 0.191 e. The Hall–Kier alpha value is -1.14. The molecular weight excluding hydrogens is 318 g/mol. The molecule has 0 aromatic carbocycles. The summed E-state index contributed by atoms with van der Waals surface area (Å²) >= 11 is 1.76. The molecular formula is C18H35N5S. The maximum absolute atomic E-state index is 4.68. The second kappa shape index (κ2) is 12.3. The average Bonchev–Trinajstić information content (AvgIpc) is 2.97. The van der Waals surface area contributed by atoms with Crippen LogP contribution >= 0.6 is 11.3 Å². The first-order valence-corrected chi connectivity index (χ1v) is 10.1. The number of thiazole rings is 1. The van der Waals surface area contributed by atoms with Crippen LogP contribution in [-0.4, -0.2) is 54.6 Å². The molecule has 1 aromatic heterocycles. The number of aromatic nitrogens is 1. The van der Waals surface area contributed by atoms with E-state index in [0.29, 0.717) is 6.04 Å². The molecule has 6 heteroatoms. The van der Waals surface area contributed by atoms with Crippen molar-refractivity contribution in [2.45, 2.75) is 59.9 Å². The van der Waals surface area contributed by atoms with Crippen LogP contribution in [0, 0.1) is 6.92 Å². The maximum Gasteiger partial charge on any atom is 0.191 e. The Balaban J connectivity index is 2.35. The zero-order valence-electron chi connectivity index (χ0n) is 16.1. The molecule has 0 fully saturated rings. The van der Waals surface area contributed by atoms with Gasteiger partial charge in [-0.1, -0.05) is 13.8 Å². The second-order valence-electron chi connectivity index (χ2n) is 6.09. The molecule has 2 N–H and O–H groups in total. The fourth-order valence-electron chi connectivity index (χ4n) is 2.57. The first kappa shape index (κ1) is 20.9. The Morgan fingerprint density at radius 3 is 2.67 bits per heavy atom. The normalized spacial score (nSPS) is 13.3. The third-order valence-electron chi connectivity index (χ3n) is 4.00. The molecule has 0 saturated heterocycles. The summed E-state index contributed by atoms with van der Waals surface area (Å²) in [5, 5.41) is 8.03. The van der Waals surface area contributed by atoms with E-state index in [9.17, 15) is 0 Å². The average molecular weight is 354 g/mol. The summed E-state index contributed by atoms with van der Waals surface area (Å²) in [6.45, 7) is 16.0. The van der Waals surface area contributed by atoms with E-state index < -0.39 is 0 Å². The summed E-state index contributed by atoms with van der Waals surface area (Å²) in [7, 11) is 0. The van der Waals surface area contributed by atoms with Crippen LogP contribution in [0.4, 0.5) is 0 Å². The number of guanidine groups is 1.